The highest BCUT2D eigenvalue weighted by molar-refractivity contribution is 6.30. The summed E-state index contributed by atoms with van der Waals surface area (Å²) < 4.78 is 5.82. The van der Waals surface area contributed by atoms with E-state index in [1.165, 1.54) is 38.5 Å². The minimum absolute atomic E-state index is 0.0768. The first kappa shape index (κ1) is 21.8. The highest BCUT2D eigenvalue weighted by atomic mass is 35.5. The van der Waals surface area contributed by atoms with Crippen molar-refractivity contribution in [3.63, 3.8) is 0 Å². The first-order chi connectivity index (χ1) is 12.1. The van der Waals surface area contributed by atoms with Gasteiger partial charge in [-0.1, -0.05) is 70.0 Å². The first-order valence-corrected chi connectivity index (χ1v) is 10.2. The van der Waals surface area contributed by atoms with Gasteiger partial charge in [0.25, 0.3) is 5.91 Å². The normalized spacial score (nSPS) is 12.0. The zero-order chi connectivity index (χ0) is 18.5. The van der Waals surface area contributed by atoms with E-state index in [1.807, 2.05) is 24.0 Å². The standard InChI is InChI=1S/C21H34ClNO2/c1-4-6-8-10-15-23(16-11-9-7-5-2)21(24)18(3)25-20-14-12-13-19(22)17-20/h12-14,17-18H,4-11,15-16H2,1-3H3. The Morgan fingerprint density at radius 1 is 1.04 bits per heavy atom. The summed E-state index contributed by atoms with van der Waals surface area (Å²) >= 11 is 5.99. The molecular formula is C21H34ClNO2. The Bertz CT molecular complexity index is 481. The number of rotatable bonds is 13. The van der Waals surface area contributed by atoms with Gasteiger partial charge in [-0.2, -0.15) is 0 Å². The Kier molecular flexibility index (Phi) is 11.4. The number of nitrogens with zero attached hydrogens (tertiary/aromatic N) is 1. The summed E-state index contributed by atoms with van der Waals surface area (Å²) in [6.45, 7) is 7.89. The van der Waals surface area contributed by atoms with Gasteiger partial charge in [-0.15, -0.1) is 0 Å². The van der Waals surface area contributed by atoms with Gasteiger partial charge in [-0.3, -0.25) is 4.79 Å². The number of benzene rings is 1. The molecule has 1 aromatic rings. The van der Waals surface area contributed by atoms with Gasteiger partial charge in [0.15, 0.2) is 6.10 Å². The van der Waals surface area contributed by atoms with Gasteiger partial charge in [0.2, 0.25) is 0 Å². The fourth-order valence-corrected chi connectivity index (χ4v) is 3.02. The quantitative estimate of drug-likeness (QED) is 0.394. The topological polar surface area (TPSA) is 29.5 Å². The van der Waals surface area contributed by atoms with Crippen molar-refractivity contribution >= 4 is 17.5 Å². The highest BCUT2D eigenvalue weighted by Gasteiger charge is 2.21. The average molecular weight is 368 g/mol. The fourth-order valence-electron chi connectivity index (χ4n) is 2.84. The molecule has 0 aliphatic rings. The minimum atomic E-state index is -0.490. The maximum atomic E-state index is 12.8. The number of amides is 1. The summed E-state index contributed by atoms with van der Waals surface area (Å²) in [5.41, 5.74) is 0. The van der Waals surface area contributed by atoms with E-state index in [4.69, 9.17) is 16.3 Å². The molecule has 142 valence electrons. The van der Waals surface area contributed by atoms with E-state index in [9.17, 15) is 4.79 Å². The predicted octanol–water partition coefficient (Wildman–Crippen LogP) is 6.10. The summed E-state index contributed by atoms with van der Waals surface area (Å²) in [4.78, 5) is 14.8. The Morgan fingerprint density at radius 3 is 2.16 bits per heavy atom. The van der Waals surface area contributed by atoms with E-state index >= 15 is 0 Å². The van der Waals surface area contributed by atoms with Gasteiger partial charge < -0.3 is 9.64 Å². The second kappa shape index (κ2) is 13.0. The number of carbonyl (C=O) groups is 1. The molecule has 0 fully saturated rings. The van der Waals surface area contributed by atoms with Crippen LogP contribution in [0.1, 0.15) is 72.1 Å². The Labute approximate surface area is 158 Å². The van der Waals surface area contributed by atoms with Crippen LogP contribution in [0.4, 0.5) is 0 Å². The Morgan fingerprint density at radius 2 is 1.64 bits per heavy atom. The molecule has 4 heteroatoms. The van der Waals surface area contributed by atoms with Crippen LogP contribution in [0, 0.1) is 0 Å². The molecule has 25 heavy (non-hydrogen) atoms. The van der Waals surface area contributed by atoms with Gasteiger partial charge >= 0.3 is 0 Å². The number of hydrogen-bond acceptors (Lipinski definition) is 2. The van der Waals surface area contributed by atoms with E-state index in [1.54, 1.807) is 12.1 Å². The number of hydrogen-bond donors (Lipinski definition) is 0. The van der Waals surface area contributed by atoms with Crippen LogP contribution < -0.4 is 4.74 Å². The largest absolute Gasteiger partial charge is 0.481 e. The van der Waals surface area contributed by atoms with Crippen LogP contribution in [-0.4, -0.2) is 30.0 Å². The lowest BCUT2D eigenvalue weighted by molar-refractivity contribution is -0.138. The van der Waals surface area contributed by atoms with Crippen molar-refractivity contribution in [3.05, 3.63) is 29.3 Å². The van der Waals surface area contributed by atoms with Crippen molar-refractivity contribution in [3.8, 4) is 5.75 Å². The molecule has 3 nitrogen and oxygen atoms in total. The summed E-state index contributed by atoms with van der Waals surface area (Å²) in [6, 6.07) is 7.22. The molecule has 1 rings (SSSR count). The lowest BCUT2D eigenvalue weighted by atomic mass is 10.1. The number of carbonyl (C=O) groups excluding carboxylic acids is 1. The van der Waals surface area contributed by atoms with Crippen molar-refractivity contribution in [1.29, 1.82) is 0 Å². The van der Waals surface area contributed by atoms with Crippen LogP contribution in [0.25, 0.3) is 0 Å². The molecule has 0 aliphatic heterocycles. The molecule has 0 N–H and O–H groups in total. The van der Waals surface area contributed by atoms with Gasteiger partial charge in [0.05, 0.1) is 0 Å². The van der Waals surface area contributed by atoms with Crippen molar-refractivity contribution in [2.45, 2.75) is 78.2 Å². The molecule has 1 unspecified atom stereocenters. The minimum Gasteiger partial charge on any atom is -0.481 e. The number of unbranched alkanes of at least 4 members (excludes halogenated alkanes) is 6. The number of ether oxygens (including phenoxy) is 1. The smallest absolute Gasteiger partial charge is 0.263 e. The zero-order valence-corrected chi connectivity index (χ0v) is 16.9. The van der Waals surface area contributed by atoms with E-state index < -0.39 is 6.10 Å². The molecular weight excluding hydrogens is 334 g/mol. The van der Waals surface area contributed by atoms with E-state index in [2.05, 4.69) is 13.8 Å². The van der Waals surface area contributed by atoms with Crippen LogP contribution in [0.3, 0.4) is 0 Å². The van der Waals surface area contributed by atoms with Crippen molar-refractivity contribution in [1.82, 2.24) is 4.90 Å². The molecule has 0 aliphatic carbocycles. The van der Waals surface area contributed by atoms with E-state index in [-0.39, 0.29) is 5.91 Å². The van der Waals surface area contributed by atoms with Crippen LogP contribution >= 0.6 is 11.6 Å². The lowest BCUT2D eigenvalue weighted by Gasteiger charge is -2.26. The molecule has 0 saturated heterocycles. The van der Waals surface area contributed by atoms with Crippen LogP contribution in [-0.2, 0) is 4.79 Å². The van der Waals surface area contributed by atoms with Gasteiger partial charge in [0, 0.05) is 18.1 Å². The molecule has 0 bridgehead atoms. The third kappa shape index (κ3) is 9.15. The molecule has 0 saturated carbocycles. The summed E-state index contributed by atoms with van der Waals surface area (Å²) in [5.74, 6) is 0.721. The summed E-state index contributed by atoms with van der Waals surface area (Å²) in [5, 5.41) is 0.619. The summed E-state index contributed by atoms with van der Waals surface area (Å²) in [6.07, 6.45) is 8.87. The average Bonchev–Trinajstić information content (AvgIpc) is 2.59. The van der Waals surface area contributed by atoms with Crippen LogP contribution in [0.5, 0.6) is 5.75 Å². The molecule has 0 spiro atoms. The summed E-state index contributed by atoms with van der Waals surface area (Å²) in [7, 11) is 0. The van der Waals surface area contributed by atoms with Gasteiger partial charge in [0.1, 0.15) is 5.75 Å². The number of halogens is 1. The van der Waals surface area contributed by atoms with Crippen molar-refractivity contribution in [2.75, 3.05) is 13.1 Å². The second-order valence-corrected chi connectivity index (χ2v) is 7.10. The van der Waals surface area contributed by atoms with E-state index in [0.29, 0.717) is 10.8 Å². The molecule has 1 amide bonds. The predicted molar refractivity (Wildman–Crippen MR) is 106 cm³/mol. The maximum Gasteiger partial charge on any atom is 0.263 e. The second-order valence-electron chi connectivity index (χ2n) is 6.66. The van der Waals surface area contributed by atoms with Crippen LogP contribution in [0.2, 0.25) is 5.02 Å². The molecule has 1 atom stereocenters. The fraction of sp³-hybridized carbons (Fsp3) is 0.667. The Balaban J connectivity index is 2.57. The first-order valence-electron chi connectivity index (χ1n) is 9.79. The molecule has 1 aromatic carbocycles. The highest BCUT2D eigenvalue weighted by Crippen LogP contribution is 2.19. The molecule has 0 heterocycles. The van der Waals surface area contributed by atoms with Crippen LogP contribution in [0.15, 0.2) is 24.3 Å². The third-order valence-electron chi connectivity index (χ3n) is 4.33. The monoisotopic (exact) mass is 367 g/mol. The Hall–Kier alpha value is -1.22. The van der Waals surface area contributed by atoms with Gasteiger partial charge in [-0.05, 0) is 38.0 Å². The maximum absolute atomic E-state index is 12.8. The zero-order valence-electron chi connectivity index (χ0n) is 16.1. The lowest BCUT2D eigenvalue weighted by Crippen LogP contribution is -2.41. The molecule has 0 aromatic heterocycles. The third-order valence-corrected chi connectivity index (χ3v) is 4.57. The van der Waals surface area contributed by atoms with Crippen molar-refractivity contribution < 1.29 is 9.53 Å². The van der Waals surface area contributed by atoms with E-state index in [0.717, 1.165) is 25.9 Å². The van der Waals surface area contributed by atoms with Crippen molar-refractivity contribution in [2.24, 2.45) is 0 Å². The van der Waals surface area contributed by atoms with Gasteiger partial charge in [-0.25, -0.2) is 0 Å². The molecule has 0 radical (unpaired) electrons. The SMILES string of the molecule is CCCCCCN(CCCCCC)C(=O)C(C)Oc1cccc(Cl)c1.